The summed E-state index contributed by atoms with van der Waals surface area (Å²) < 4.78 is 7.26. The van der Waals surface area contributed by atoms with Crippen LogP contribution in [-0.4, -0.2) is 0 Å². The van der Waals surface area contributed by atoms with Crippen molar-refractivity contribution >= 4 is 11.0 Å². The van der Waals surface area contributed by atoms with Crippen molar-refractivity contribution in [3.05, 3.63) is 30.5 Å². The lowest BCUT2D eigenvalue weighted by atomic mass is 10.3. The monoisotopic (exact) mass is 148 g/mol. The van der Waals surface area contributed by atoms with Crippen molar-refractivity contribution in [1.29, 1.82) is 0 Å². The third kappa shape index (κ3) is 1.00. The molecule has 0 saturated carbocycles. The van der Waals surface area contributed by atoms with Crippen molar-refractivity contribution in [2.24, 2.45) is 0 Å². The SMILES string of the molecule is CC[n+]1cc2ccccc2o1. The molecular weight excluding hydrogens is 138 g/mol. The Balaban J connectivity index is 2.69. The summed E-state index contributed by atoms with van der Waals surface area (Å²) in [6.07, 6.45) is 2.01. The largest absolute Gasteiger partial charge is 0.236 e. The van der Waals surface area contributed by atoms with Crippen molar-refractivity contribution in [3.63, 3.8) is 0 Å². The molecular formula is C9H10NO+. The van der Waals surface area contributed by atoms with Crippen LogP contribution in [0, 0.1) is 0 Å². The van der Waals surface area contributed by atoms with Crippen LogP contribution in [-0.2, 0) is 6.54 Å². The first kappa shape index (κ1) is 6.40. The van der Waals surface area contributed by atoms with Gasteiger partial charge in [0, 0.05) is 0 Å². The molecule has 0 aliphatic rings. The van der Waals surface area contributed by atoms with Crippen LogP contribution in [0.15, 0.2) is 35.0 Å². The molecule has 2 rings (SSSR count). The van der Waals surface area contributed by atoms with Gasteiger partial charge in [-0.15, -0.1) is 0 Å². The summed E-state index contributed by atoms with van der Waals surface area (Å²) in [5.74, 6) is 0. The molecule has 0 bridgehead atoms. The van der Waals surface area contributed by atoms with Gasteiger partial charge in [0.25, 0.3) is 0 Å². The number of benzene rings is 1. The van der Waals surface area contributed by atoms with Crippen LogP contribution in [0.1, 0.15) is 6.92 Å². The molecule has 2 heteroatoms. The van der Waals surface area contributed by atoms with Gasteiger partial charge in [-0.3, -0.25) is 0 Å². The number of nitrogens with zero attached hydrogens (tertiary/aromatic N) is 1. The molecule has 0 saturated heterocycles. The summed E-state index contributed by atoms with van der Waals surface area (Å²) in [5, 5.41) is 1.16. The van der Waals surface area contributed by atoms with E-state index in [1.165, 1.54) is 0 Å². The predicted octanol–water partition coefficient (Wildman–Crippen LogP) is 1.74. The van der Waals surface area contributed by atoms with Crippen molar-refractivity contribution in [2.75, 3.05) is 0 Å². The van der Waals surface area contributed by atoms with E-state index in [-0.39, 0.29) is 0 Å². The van der Waals surface area contributed by atoms with Crippen LogP contribution in [0.4, 0.5) is 0 Å². The predicted molar refractivity (Wildman–Crippen MR) is 42.1 cm³/mol. The van der Waals surface area contributed by atoms with Crippen molar-refractivity contribution in [3.8, 4) is 0 Å². The van der Waals surface area contributed by atoms with Crippen LogP contribution in [0.5, 0.6) is 0 Å². The third-order valence-electron chi connectivity index (χ3n) is 1.73. The lowest BCUT2D eigenvalue weighted by Gasteiger charge is -1.76. The molecule has 11 heavy (non-hydrogen) atoms. The standard InChI is InChI=1S/C9H10NO/c1-2-10-7-8-5-3-4-6-9(8)11-10/h3-7H,2H2,1H3/q+1. The molecule has 0 unspecified atom stereocenters. The summed E-state index contributed by atoms with van der Waals surface area (Å²) in [5.41, 5.74) is 0.953. The van der Waals surface area contributed by atoms with E-state index in [0.29, 0.717) is 0 Å². The number of hydrogen-bond donors (Lipinski definition) is 0. The van der Waals surface area contributed by atoms with Crippen molar-refractivity contribution < 1.29 is 9.26 Å². The zero-order valence-electron chi connectivity index (χ0n) is 6.45. The molecule has 0 atom stereocenters. The van der Waals surface area contributed by atoms with Gasteiger partial charge in [-0.25, -0.2) is 4.52 Å². The topological polar surface area (TPSA) is 17.0 Å². The molecule has 0 radical (unpaired) electrons. The quantitative estimate of drug-likeness (QED) is 0.563. The van der Waals surface area contributed by atoms with E-state index < -0.39 is 0 Å². The molecule has 0 spiro atoms. The second kappa shape index (κ2) is 2.38. The maximum Gasteiger partial charge on any atom is 0.227 e. The summed E-state index contributed by atoms with van der Waals surface area (Å²) in [7, 11) is 0. The van der Waals surface area contributed by atoms with E-state index in [2.05, 4.69) is 6.92 Å². The first-order valence-corrected chi connectivity index (χ1v) is 3.78. The summed E-state index contributed by atoms with van der Waals surface area (Å²) >= 11 is 0. The number of hydrogen-bond acceptors (Lipinski definition) is 1. The van der Waals surface area contributed by atoms with E-state index in [1.54, 1.807) is 0 Å². The Morgan fingerprint density at radius 3 is 2.91 bits per heavy atom. The Bertz CT molecular complexity index is 331. The molecule has 1 aromatic carbocycles. The molecule has 0 aliphatic heterocycles. The molecule has 56 valence electrons. The van der Waals surface area contributed by atoms with Crippen molar-refractivity contribution in [2.45, 2.75) is 13.5 Å². The fourth-order valence-corrected chi connectivity index (χ4v) is 1.13. The summed E-state index contributed by atoms with van der Waals surface area (Å²) in [6.45, 7) is 2.94. The van der Waals surface area contributed by atoms with Crippen molar-refractivity contribution in [1.82, 2.24) is 0 Å². The minimum Gasteiger partial charge on any atom is -0.236 e. The highest BCUT2D eigenvalue weighted by Crippen LogP contribution is 2.09. The van der Waals surface area contributed by atoms with E-state index >= 15 is 0 Å². The van der Waals surface area contributed by atoms with Crippen LogP contribution < -0.4 is 4.74 Å². The Morgan fingerprint density at radius 2 is 2.18 bits per heavy atom. The lowest BCUT2D eigenvalue weighted by Crippen LogP contribution is -2.27. The van der Waals surface area contributed by atoms with Gasteiger partial charge in [-0.2, -0.15) is 0 Å². The van der Waals surface area contributed by atoms with Gasteiger partial charge in [-0.1, -0.05) is 12.1 Å². The first-order valence-electron chi connectivity index (χ1n) is 3.78. The maximum atomic E-state index is 5.43. The molecule has 1 aromatic heterocycles. The average Bonchev–Trinajstić information content (AvgIpc) is 2.46. The molecule has 1 heterocycles. The Kier molecular flexibility index (Phi) is 1.39. The average molecular weight is 148 g/mol. The lowest BCUT2D eigenvalue weighted by molar-refractivity contribution is -0.857. The highest BCUT2D eigenvalue weighted by molar-refractivity contribution is 5.74. The number of aryl methyl sites for hydroxylation is 1. The zero-order chi connectivity index (χ0) is 7.68. The Morgan fingerprint density at radius 1 is 1.36 bits per heavy atom. The number of para-hydroxylation sites is 1. The minimum atomic E-state index is 0.884. The van der Waals surface area contributed by atoms with E-state index in [0.717, 1.165) is 17.5 Å². The van der Waals surface area contributed by atoms with E-state index in [9.17, 15) is 0 Å². The second-order valence-electron chi connectivity index (χ2n) is 2.49. The summed E-state index contributed by atoms with van der Waals surface area (Å²) in [4.78, 5) is 0. The molecule has 0 N–H and O–H groups in total. The van der Waals surface area contributed by atoms with Gasteiger partial charge < -0.3 is 0 Å². The van der Waals surface area contributed by atoms with Gasteiger partial charge in [0.1, 0.15) is 0 Å². The number of fused-ring (bicyclic) bond motifs is 1. The second-order valence-corrected chi connectivity index (χ2v) is 2.49. The molecule has 0 amide bonds. The highest BCUT2D eigenvalue weighted by Gasteiger charge is 2.05. The fourth-order valence-electron chi connectivity index (χ4n) is 1.13. The van der Waals surface area contributed by atoms with Crippen LogP contribution >= 0.6 is 0 Å². The minimum absolute atomic E-state index is 0.884. The van der Waals surface area contributed by atoms with Gasteiger partial charge >= 0.3 is 0 Å². The van der Waals surface area contributed by atoms with E-state index in [1.807, 2.05) is 35.2 Å². The highest BCUT2D eigenvalue weighted by atomic mass is 16.5. The van der Waals surface area contributed by atoms with Gasteiger partial charge in [0.2, 0.25) is 11.8 Å². The van der Waals surface area contributed by atoms with Gasteiger partial charge in [-0.05, 0) is 23.8 Å². The molecule has 2 nitrogen and oxygen atoms in total. The normalized spacial score (nSPS) is 10.6. The fraction of sp³-hybridized carbons (Fsp3) is 0.222. The first-order chi connectivity index (χ1) is 5.40. The Labute approximate surface area is 65.0 Å². The summed E-state index contributed by atoms with van der Waals surface area (Å²) in [6, 6.07) is 8.01. The number of rotatable bonds is 1. The molecule has 2 aromatic rings. The third-order valence-corrected chi connectivity index (χ3v) is 1.73. The smallest absolute Gasteiger partial charge is 0.227 e. The van der Waals surface area contributed by atoms with Gasteiger partial charge in [0.05, 0.1) is 5.39 Å². The number of aromatic nitrogens is 1. The zero-order valence-corrected chi connectivity index (χ0v) is 6.45. The van der Waals surface area contributed by atoms with Crippen LogP contribution in [0.2, 0.25) is 0 Å². The van der Waals surface area contributed by atoms with Crippen LogP contribution in [0.3, 0.4) is 0 Å². The van der Waals surface area contributed by atoms with Gasteiger partial charge in [0.15, 0.2) is 6.54 Å². The van der Waals surface area contributed by atoms with E-state index in [4.69, 9.17) is 4.52 Å². The van der Waals surface area contributed by atoms with Crippen LogP contribution in [0.25, 0.3) is 11.0 Å². The maximum absolute atomic E-state index is 5.43. The Hall–Kier alpha value is -1.31. The molecule has 0 fully saturated rings. The molecule has 0 aliphatic carbocycles.